The Bertz CT molecular complexity index is 923. The number of aliphatic hydroxyl groups excluding tert-OH is 3. The predicted molar refractivity (Wildman–Crippen MR) is 99.1 cm³/mol. The third-order valence-corrected chi connectivity index (χ3v) is 6.98. The standard InChI is InChI=1S/C21H26O6/c1-19(2)7-21(13-9(19)5-11(22)15(24)17(13)26)8-20(3,4)10-6-12(23)16(25)18(27)14(10)21/h5-6,9,13,22-27H,7-8H2,1-4H3. The topological polar surface area (TPSA) is 121 Å². The third kappa shape index (κ3) is 2.01. The van der Waals surface area contributed by atoms with Crippen molar-refractivity contribution in [2.75, 3.05) is 0 Å². The largest absolute Gasteiger partial charge is 0.508 e. The van der Waals surface area contributed by atoms with Gasteiger partial charge in [0.2, 0.25) is 5.75 Å². The summed E-state index contributed by atoms with van der Waals surface area (Å²) in [6.45, 7) is 8.05. The van der Waals surface area contributed by atoms with Gasteiger partial charge in [-0.3, -0.25) is 0 Å². The molecule has 27 heavy (non-hydrogen) atoms. The Morgan fingerprint density at radius 3 is 2.15 bits per heavy atom. The van der Waals surface area contributed by atoms with E-state index in [9.17, 15) is 30.6 Å². The highest BCUT2D eigenvalue weighted by Gasteiger charge is 2.66. The number of phenols is 3. The lowest BCUT2D eigenvalue weighted by Gasteiger charge is -2.37. The van der Waals surface area contributed by atoms with Crippen LogP contribution in [0.1, 0.15) is 51.7 Å². The summed E-state index contributed by atoms with van der Waals surface area (Å²) in [6.07, 6.45) is 2.71. The SMILES string of the molecule is CC1(C)CC2(CC(C)(C)C3C=C(O)C(O)=C(O)C32)c2c1cc(O)c(O)c2O. The minimum Gasteiger partial charge on any atom is -0.508 e. The zero-order chi connectivity index (χ0) is 20.1. The molecule has 0 heterocycles. The van der Waals surface area contributed by atoms with Crippen molar-refractivity contribution < 1.29 is 30.6 Å². The Morgan fingerprint density at radius 2 is 1.52 bits per heavy atom. The molecule has 0 amide bonds. The number of hydrogen-bond donors (Lipinski definition) is 6. The number of aromatic hydroxyl groups is 3. The molecule has 3 atom stereocenters. The van der Waals surface area contributed by atoms with E-state index in [4.69, 9.17) is 0 Å². The molecule has 0 radical (unpaired) electrons. The summed E-state index contributed by atoms with van der Waals surface area (Å²) in [6, 6.07) is 1.48. The van der Waals surface area contributed by atoms with E-state index in [1.807, 2.05) is 27.7 Å². The lowest BCUT2D eigenvalue weighted by Crippen LogP contribution is -2.36. The van der Waals surface area contributed by atoms with Crippen molar-refractivity contribution >= 4 is 0 Å². The van der Waals surface area contributed by atoms with Crippen LogP contribution in [0.25, 0.3) is 0 Å². The number of hydrogen-bond acceptors (Lipinski definition) is 6. The minimum atomic E-state index is -0.752. The first-order valence-corrected chi connectivity index (χ1v) is 9.15. The fraction of sp³-hybridized carbons (Fsp3) is 0.524. The summed E-state index contributed by atoms with van der Waals surface area (Å²) >= 11 is 0. The summed E-state index contributed by atoms with van der Waals surface area (Å²) in [7, 11) is 0. The Labute approximate surface area is 157 Å². The van der Waals surface area contributed by atoms with Gasteiger partial charge in [0.05, 0.1) is 0 Å². The molecular weight excluding hydrogens is 348 g/mol. The molecule has 1 aromatic rings. The maximum Gasteiger partial charge on any atom is 0.200 e. The average Bonchev–Trinajstić information content (AvgIpc) is 2.89. The molecule has 1 aromatic carbocycles. The highest BCUT2D eigenvalue weighted by atomic mass is 16.3. The van der Waals surface area contributed by atoms with Crippen LogP contribution in [0.5, 0.6) is 17.2 Å². The molecule has 6 heteroatoms. The van der Waals surface area contributed by atoms with E-state index in [0.717, 1.165) is 5.56 Å². The number of rotatable bonds is 0. The van der Waals surface area contributed by atoms with E-state index in [-0.39, 0.29) is 34.4 Å². The fourth-order valence-electron chi connectivity index (χ4n) is 6.19. The van der Waals surface area contributed by atoms with Gasteiger partial charge in [0.25, 0.3) is 0 Å². The quantitative estimate of drug-likeness (QED) is 0.379. The first-order chi connectivity index (χ1) is 12.3. The molecule has 0 bridgehead atoms. The molecule has 4 rings (SSSR count). The summed E-state index contributed by atoms with van der Waals surface area (Å²) in [5.41, 5.74) is -0.291. The van der Waals surface area contributed by atoms with Crippen molar-refractivity contribution in [3.05, 3.63) is 40.5 Å². The highest BCUT2D eigenvalue weighted by Crippen LogP contribution is 2.71. The van der Waals surface area contributed by atoms with Gasteiger partial charge in [-0.1, -0.05) is 27.7 Å². The molecule has 3 aliphatic carbocycles. The Kier molecular flexibility index (Phi) is 3.22. The summed E-state index contributed by atoms with van der Waals surface area (Å²) in [5, 5.41) is 62.1. The van der Waals surface area contributed by atoms with Crippen LogP contribution in [-0.4, -0.2) is 30.6 Å². The Hall–Kier alpha value is -2.50. The second-order valence-corrected chi connectivity index (χ2v) is 9.69. The molecule has 1 saturated carbocycles. The molecule has 1 spiro atoms. The van der Waals surface area contributed by atoms with Gasteiger partial charge >= 0.3 is 0 Å². The molecule has 0 aromatic heterocycles. The normalized spacial score (nSPS) is 33.1. The van der Waals surface area contributed by atoms with Crippen LogP contribution in [0, 0.1) is 17.3 Å². The van der Waals surface area contributed by atoms with Crippen LogP contribution in [0.2, 0.25) is 0 Å². The van der Waals surface area contributed by atoms with Crippen LogP contribution in [-0.2, 0) is 10.8 Å². The molecule has 6 nitrogen and oxygen atoms in total. The van der Waals surface area contributed by atoms with Crippen molar-refractivity contribution in [3.8, 4) is 17.2 Å². The zero-order valence-electron chi connectivity index (χ0n) is 15.9. The molecule has 1 fully saturated rings. The Morgan fingerprint density at radius 1 is 0.889 bits per heavy atom. The summed E-state index contributed by atoms with van der Waals surface area (Å²) in [4.78, 5) is 0. The molecule has 3 unspecified atom stereocenters. The lowest BCUT2D eigenvalue weighted by atomic mass is 9.67. The van der Waals surface area contributed by atoms with Crippen molar-refractivity contribution in [3.63, 3.8) is 0 Å². The molecule has 0 aliphatic heterocycles. The van der Waals surface area contributed by atoms with Gasteiger partial charge in [0.15, 0.2) is 23.0 Å². The van der Waals surface area contributed by atoms with E-state index >= 15 is 0 Å². The van der Waals surface area contributed by atoms with Crippen molar-refractivity contribution in [1.29, 1.82) is 0 Å². The van der Waals surface area contributed by atoms with E-state index < -0.39 is 28.3 Å². The van der Waals surface area contributed by atoms with Gasteiger partial charge in [-0.15, -0.1) is 0 Å². The predicted octanol–water partition coefficient (Wildman–Crippen LogP) is 4.17. The zero-order valence-corrected chi connectivity index (χ0v) is 15.9. The van der Waals surface area contributed by atoms with E-state index in [1.54, 1.807) is 6.08 Å². The second-order valence-electron chi connectivity index (χ2n) is 9.69. The number of fused-ring (bicyclic) bond motifs is 4. The fourth-order valence-corrected chi connectivity index (χ4v) is 6.19. The maximum atomic E-state index is 10.8. The summed E-state index contributed by atoms with van der Waals surface area (Å²) < 4.78 is 0. The lowest BCUT2D eigenvalue weighted by molar-refractivity contribution is 0.162. The van der Waals surface area contributed by atoms with Crippen molar-refractivity contribution in [2.24, 2.45) is 17.3 Å². The first kappa shape index (κ1) is 17.9. The van der Waals surface area contributed by atoms with Crippen LogP contribution in [0.15, 0.2) is 29.4 Å². The van der Waals surface area contributed by atoms with Gasteiger partial charge in [0, 0.05) is 16.9 Å². The van der Waals surface area contributed by atoms with Crippen LogP contribution >= 0.6 is 0 Å². The second kappa shape index (κ2) is 4.86. The van der Waals surface area contributed by atoms with E-state index in [2.05, 4.69) is 0 Å². The molecular formula is C21H26O6. The molecule has 6 N–H and O–H groups in total. The minimum absolute atomic E-state index is 0.259. The van der Waals surface area contributed by atoms with Crippen LogP contribution in [0.3, 0.4) is 0 Å². The summed E-state index contributed by atoms with van der Waals surface area (Å²) in [5.74, 6) is -3.32. The van der Waals surface area contributed by atoms with Gasteiger partial charge in [-0.25, -0.2) is 0 Å². The van der Waals surface area contributed by atoms with Gasteiger partial charge in [-0.05, 0) is 47.3 Å². The van der Waals surface area contributed by atoms with Gasteiger partial charge in [-0.2, -0.15) is 0 Å². The molecule has 0 saturated heterocycles. The monoisotopic (exact) mass is 374 g/mol. The number of allylic oxidation sites excluding steroid dienone is 2. The van der Waals surface area contributed by atoms with Gasteiger partial charge in [0.1, 0.15) is 5.76 Å². The first-order valence-electron chi connectivity index (χ1n) is 9.15. The number of benzene rings is 1. The highest BCUT2D eigenvalue weighted by molar-refractivity contribution is 5.65. The third-order valence-electron chi connectivity index (χ3n) is 6.98. The van der Waals surface area contributed by atoms with Crippen LogP contribution in [0.4, 0.5) is 0 Å². The van der Waals surface area contributed by atoms with E-state index in [1.165, 1.54) is 6.07 Å². The molecule has 146 valence electrons. The van der Waals surface area contributed by atoms with E-state index in [0.29, 0.717) is 18.4 Å². The van der Waals surface area contributed by atoms with Crippen molar-refractivity contribution in [1.82, 2.24) is 0 Å². The molecule has 3 aliphatic rings. The smallest absolute Gasteiger partial charge is 0.200 e. The number of aliphatic hydroxyl groups is 3. The maximum absolute atomic E-state index is 10.8. The Balaban J connectivity index is 2.06. The van der Waals surface area contributed by atoms with Gasteiger partial charge < -0.3 is 30.6 Å². The van der Waals surface area contributed by atoms with Crippen molar-refractivity contribution in [2.45, 2.75) is 51.4 Å². The van der Waals surface area contributed by atoms with Crippen LogP contribution < -0.4 is 0 Å². The average molecular weight is 374 g/mol. The number of phenolic OH excluding ortho intramolecular Hbond substituents is 3.